The largest absolute Gasteiger partial charge is 0.192 e. The lowest BCUT2D eigenvalue weighted by Gasteiger charge is -2.01. The third-order valence-corrected chi connectivity index (χ3v) is 2.33. The maximum absolute atomic E-state index is 8.67. The van der Waals surface area contributed by atoms with Gasteiger partial charge in [0.1, 0.15) is 0 Å². The summed E-state index contributed by atoms with van der Waals surface area (Å²) in [4.78, 5) is 0. The van der Waals surface area contributed by atoms with Crippen LogP contribution in [0, 0.1) is 11.3 Å². The third kappa shape index (κ3) is 2.45. The van der Waals surface area contributed by atoms with Gasteiger partial charge < -0.3 is 0 Å². The minimum absolute atomic E-state index is 0.715. The van der Waals surface area contributed by atoms with Crippen molar-refractivity contribution in [2.75, 3.05) is 0 Å². The molecule has 0 aliphatic rings. The fourth-order valence-corrected chi connectivity index (χ4v) is 1.53. The van der Waals surface area contributed by atoms with Crippen LogP contribution in [-0.4, -0.2) is 0 Å². The van der Waals surface area contributed by atoms with Gasteiger partial charge in [-0.15, -0.1) is 0 Å². The second kappa shape index (κ2) is 4.43. The molecule has 0 fully saturated rings. The first-order valence-corrected chi connectivity index (χ1v) is 4.91. The van der Waals surface area contributed by atoms with Gasteiger partial charge in [-0.2, -0.15) is 5.26 Å². The fraction of sp³-hybridized carbons (Fsp3) is 0.0714. The first-order chi connectivity index (χ1) is 7.38. The molecule has 2 rings (SSSR count). The monoisotopic (exact) mass is 193 g/mol. The molecule has 1 heteroatoms. The lowest BCUT2D eigenvalue weighted by Crippen LogP contribution is -1.87. The first kappa shape index (κ1) is 9.48. The Morgan fingerprint density at radius 2 is 1.40 bits per heavy atom. The van der Waals surface area contributed by atoms with Crippen molar-refractivity contribution in [2.24, 2.45) is 0 Å². The van der Waals surface area contributed by atoms with Crippen LogP contribution in [0.3, 0.4) is 0 Å². The van der Waals surface area contributed by atoms with Crippen LogP contribution in [0.1, 0.15) is 16.7 Å². The van der Waals surface area contributed by atoms with E-state index in [4.69, 9.17) is 5.26 Å². The van der Waals surface area contributed by atoms with Crippen LogP contribution in [0.5, 0.6) is 0 Å². The molecule has 15 heavy (non-hydrogen) atoms. The molecular formula is C14H11N. The van der Waals surface area contributed by atoms with E-state index in [1.54, 1.807) is 0 Å². The third-order valence-electron chi connectivity index (χ3n) is 2.33. The summed E-state index contributed by atoms with van der Waals surface area (Å²) in [6.45, 7) is 0. The molecule has 0 saturated heterocycles. The van der Waals surface area contributed by atoms with Crippen molar-refractivity contribution in [1.82, 2.24) is 0 Å². The van der Waals surface area contributed by atoms with Crippen LogP contribution in [0.15, 0.2) is 54.6 Å². The van der Waals surface area contributed by atoms with Crippen LogP contribution >= 0.6 is 0 Å². The summed E-state index contributed by atoms with van der Waals surface area (Å²) in [5.74, 6) is 0. The summed E-state index contributed by atoms with van der Waals surface area (Å²) < 4.78 is 0. The molecule has 0 aromatic heterocycles. The minimum atomic E-state index is 0.715. The Labute approximate surface area is 89.6 Å². The van der Waals surface area contributed by atoms with Crippen molar-refractivity contribution in [3.8, 4) is 6.07 Å². The summed E-state index contributed by atoms with van der Waals surface area (Å²) in [7, 11) is 0. The molecular weight excluding hydrogens is 182 g/mol. The molecule has 72 valence electrons. The highest BCUT2D eigenvalue weighted by Gasteiger charge is 1.95. The molecule has 0 bridgehead atoms. The normalized spacial score (nSPS) is 9.53. The molecule has 0 radical (unpaired) electrons. The quantitative estimate of drug-likeness (QED) is 0.718. The van der Waals surface area contributed by atoms with E-state index in [9.17, 15) is 0 Å². The lowest BCUT2D eigenvalue weighted by atomic mass is 10.0. The Morgan fingerprint density at radius 3 is 2.00 bits per heavy atom. The summed E-state index contributed by atoms with van der Waals surface area (Å²) >= 11 is 0. The smallest absolute Gasteiger partial charge is 0.0991 e. The van der Waals surface area contributed by atoms with Crippen LogP contribution in [-0.2, 0) is 6.42 Å². The van der Waals surface area contributed by atoms with Crippen LogP contribution < -0.4 is 0 Å². The Bertz CT molecular complexity index is 463. The first-order valence-electron chi connectivity index (χ1n) is 4.91. The van der Waals surface area contributed by atoms with E-state index in [1.165, 1.54) is 11.1 Å². The SMILES string of the molecule is N#Cc1ccc(Cc2ccccc2)cc1. The van der Waals surface area contributed by atoms with Gasteiger partial charge in [-0.1, -0.05) is 42.5 Å². The van der Waals surface area contributed by atoms with Crippen molar-refractivity contribution >= 4 is 0 Å². The highest BCUT2D eigenvalue weighted by Crippen LogP contribution is 2.09. The summed E-state index contributed by atoms with van der Waals surface area (Å²) in [6, 6.07) is 20.2. The molecule has 1 nitrogen and oxygen atoms in total. The van der Waals surface area contributed by atoms with E-state index in [0.717, 1.165) is 6.42 Å². The van der Waals surface area contributed by atoms with E-state index < -0.39 is 0 Å². The molecule has 0 N–H and O–H groups in total. The maximum atomic E-state index is 8.67. The number of benzene rings is 2. The van der Waals surface area contributed by atoms with Crippen molar-refractivity contribution in [1.29, 1.82) is 5.26 Å². The highest BCUT2D eigenvalue weighted by molar-refractivity contribution is 5.34. The van der Waals surface area contributed by atoms with Gasteiger partial charge in [0.25, 0.3) is 0 Å². The zero-order chi connectivity index (χ0) is 10.5. The number of nitrogens with zero attached hydrogens (tertiary/aromatic N) is 1. The van der Waals surface area contributed by atoms with Crippen molar-refractivity contribution in [3.05, 3.63) is 71.3 Å². The number of nitriles is 1. The molecule has 0 amide bonds. The summed E-state index contributed by atoms with van der Waals surface area (Å²) in [5.41, 5.74) is 3.24. The lowest BCUT2D eigenvalue weighted by molar-refractivity contribution is 1.19. The molecule has 0 aliphatic heterocycles. The van der Waals surface area contributed by atoms with Crippen molar-refractivity contribution in [2.45, 2.75) is 6.42 Å². The molecule has 0 atom stereocenters. The number of rotatable bonds is 2. The molecule has 2 aromatic rings. The summed E-state index contributed by atoms with van der Waals surface area (Å²) in [5, 5.41) is 8.67. The zero-order valence-corrected chi connectivity index (χ0v) is 8.35. The Hall–Kier alpha value is -2.07. The number of hydrogen-bond acceptors (Lipinski definition) is 1. The molecule has 0 spiro atoms. The standard InChI is InChI=1S/C14H11N/c15-11-14-8-6-13(7-9-14)10-12-4-2-1-3-5-12/h1-9H,10H2. The average Bonchev–Trinajstić information content (AvgIpc) is 2.31. The van der Waals surface area contributed by atoms with Crippen LogP contribution in [0.2, 0.25) is 0 Å². The van der Waals surface area contributed by atoms with Gasteiger partial charge in [-0.25, -0.2) is 0 Å². The van der Waals surface area contributed by atoms with E-state index in [0.29, 0.717) is 5.56 Å². The predicted molar refractivity (Wildman–Crippen MR) is 60.4 cm³/mol. The van der Waals surface area contributed by atoms with Crippen LogP contribution in [0.4, 0.5) is 0 Å². The van der Waals surface area contributed by atoms with E-state index in [2.05, 4.69) is 18.2 Å². The van der Waals surface area contributed by atoms with E-state index >= 15 is 0 Å². The van der Waals surface area contributed by atoms with Crippen molar-refractivity contribution < 1.29 is 0 Å². The Morgan fingerprint density at radius 1 is 0.800 bits per heavy atom. The van der Waals surface area contributed by atoms with E-state index in [1.807, 2.05) is 42.5 Å². The molecule has 0 aliphatic carbocycles. The van der Waals surface area contributed by atoms with Gasteiger partial charge in [0.2, 0.25) is 0 Å². The fourth-order valence-electron chi connectivity index (χ4n) is 1.53. The van der Waals surface area contributed by atoms with Gasteiger partial charge >= 0.3 is 0 Å². The summed E-state index contributed by atoms with van der Waals surface area (Å²) in [6.07, 6.45) is 0.923. The van der Waals surface area contributed by atoms with Gasteiger partial charge in [-0.05, 0) is 29.7 Å². The van der Waals surface area contributed by atoms with Gasteiger partial charge in [0.15, 0.2) is 0 Å². The highest BCUT2D eigenvalue weighted by atomic mass is 14.2. The van der Waals surface area contributed by atoms with Gasteiger partial charge in [-0.3, -0.25) is 0 Å². The number of hydrogen-bond donors (Lipinski definition) is 0. The Balaban J connectivity index is 2.16. The van der Waals surface area contributed by atoms with E-state index in [-0.39, 0.29) is 0 Å². The maximum Gasteiger partial charge on any atom is 0.0991 e. The van der Waals surface area contributed by atoms with Gasteiger partial charge in [0.05, 0.1) is 11.6 Å². The Kier molecular flexibility index (Phi) is 2.80. The molecule has 0 saturated carbocycles. The van der Waals surface area contributed by atoms with Crippen LogP contribution in [0.25, 0.3) is 0 Å². The zero-order valence-electron chi connectivity index (χ0n) is 8.35. The molecule has 2 aromatic carbocycles. The second-order valence-corrected chi connectivity index (χ2v) is 3.47. The predicted octanol–water partition coefficient (Wildman–Crippen LogP) is 3.15. The molecule has 0 heterocycles. The average molecular weight is 193 g/mol. The second-order valence-electron chi connectivity index (χ2n) is 3.47. The van der Waals surface area contributed by atoms with Crippen molar-refractivity contribution in [3.63, 3.8) is 0 Å². The van der Waals surface area contributed by atoms with Gasteiger partial charge in [0, 0.05) is 0 Å². The minimum Gasteiger partial charge on any atom is -0.192 e. The molecule has 0 unspecified atom stereocenters. The topological polar surface area (TPSA) is 23.8 Å².